The van der Waals surface area contributed by atoms with Gasteiger partial charge in [0.1, 0.15) is 0 Å². The van der Waals surface area contributed by atoms with Crippen molar-refractivity contribution in [2.24, 2.45) is 11.3 Å². The van der Waals surface area contributed by atoms with Gasteiger partial charge in [0.15, 0.2) is 0 Å². The molecule has 0 aromatic heterocycles. The summed E-state index contributed by atoms with van der Waals surface area (Å²) in [5, 5.41) is 0. The Bertz CT molecular complexity index is 360. The molecule has 0 radical (unpaired) electrons. The van der Waals surface area contributed by atoms with Crippen LogP contribution < -0.4 is 0 Å². The van der Waals surface area contributed by atoms with Gasteiger partial charge in [-0.3, -0.25) is 9.59 Å². The van der Waals surface area contributed by atoms with Gasteiger partial charge in [0, 0.05) is 0 Å². The van der Waals surface area contributed by atoms with Crippen LogP contribution in [0.15, 0.2) is 0 Å². The largest absolute Gasteiger partial charge is 0.392 e. The molecular formula is C20H36O3. The summed E-state index contributed by atoms with van der Waals surface area (Å²) in [6, 6.07) is 0. The van der Waals surface area contributed by atoms with Gasteiger partial charge in [0.2, 0.25) is 0 Å². The maximum absolute atomic E-state index is 11.7. The maximum atomic E-state index is 11.7. The average molecular weight is 325 g/mol. The summed E-state index contributed by atoms with van der Waals surface area (Å²) < 4.78 is 4.77. The summed E-state index contributed by atoms with van der Waals surface area (Å²) in [6.45, 7) is 5.91. The van der Waals surface area contributed by atoms with Gasteiger partial charge in [-0.05, 0) is 20.3 Å². The molecule has 1 unspecified atom stereocenters. The van der Waals surface area contributed by atoms with Gasteiger partial charge in [-0.25, -0.2) is 0 Å². The Kier molecular flexibility index (Phi) is 9.50. The number of unbranched alkanes of at least 4 members (excludes halogenated alkanes) is 11. The molecule has 1 saturated heterocycles. The SMILES string of the molecule is CCCCCCCCCCCCCCC1C(=O)OC(=O)C1(C)C. The zero-order valence-corrected chi connectivity index (χ0v) is 15.5. The second kappa shape index (κ2) is 10.8. The Morgan fingerprint density at radius 3 is 1.61 bits per heavy atom. The van der Waals surface area contributed by atoms with E-state index in [-0.39, 0.29) is 17.9 Å². The van der Waals surface area contributed by atoms with E-state index in [1.54, 1.807) is 0 Å². The first-order valence-electron chi connectivity index (χ1n) is 9.76. The van der Waals surface area contributed by atoms with Gasteiger partial charge in [-0.2, -0.15) is 0 Å². The highest BCUT2D eigenvalue weighted by Crippen LogP contribution is 2.38. The van der Waals surface area contributed by atoms with Crippen LogP contribution in [0.25, 0.3) is 0 Å². The van der Waals surface area contributed by atoms with E-state index in [0.29, 0.717) is 0 Å². The van der Waals surface area contributed by atoms with E-state index in [0.717, 1.165) is 19.3 Å². The van der Waals surface area contributed by atoms with Crippen molar-refractivity contribution in [2.45, 2.75) is 104 Å². The molecule has 0 bridgehead atoms. The van der Waals surface area contributed by atoms with Gasteiger partial charge in [0.05, 0.1) is 11.3 Å². The molecule has 1 aliphatic heterocycles. The number of rotatable bonds is 13. The van der Waals surface area contributed by atoms with E-state index >= 15 is 0 Å². The number of esters is 2. The normalized spacial score (nSPS) is 20.0. The Morgan fingerprint density at radius 2 is 1.22 bits per heavy atom. The Hall–Kier alpha value is -0.860. The molecule has 0 N–H and O–H groups in total. The quantitative estimate of drug-likeness (QED) is 0.244. The van der Waals surface area contributed by atoms with Crippen LogP contribution in [0.2, 0.25) is 0 Å². The standard InChI is InChI=1S/C20H36O3/c1-4-5-6-7-8-9-10-11-12-13-14-15-16-17-18(21)23-19(22)20(17,2)3/h17H,4-16H2,1-3H3. The molecule has 0 amide bonds. The van der Waals surface area contributed by atoms with Crippen LogP contribution in [0.5, 0.6) is 0 Å². The number of hydrogen-bond donors (Lipinski definition) is 0. The molecule has 1 heterocycles. The fourth-order valence-corrected chi connectivity index (χ4v) is 3.40. The highest BCUT2D eigenvalue weighted by molar-refractivity contribution is 5.98. The number of ether oxygens (including phenoxy) is 1. The van der Waals surface area contributed by atoms with Crippen molar-refractivity contribution in [1.82, 2.24) is 0 Å². The lowest BCUT2D eigenvalue weighted by Crippen LogP contribution is -2.27. The Labute approximate surface area is 142 Å². The van der Waals surface area contributed by atoms with Gasteiger partial charge < -0.3 is 4.74 Å². The summed E-state index contributed by atoms with van der Waals surface area (Å²) in [6.07, 6.45) is 16.5. The monoisotopic (exact) mass is 324 g/mol. The van der Waals surface area contributed by atoms with E-state index in [9.17, 15) is 9.59 Å². The molecule has 3 nitrogen and oxygen atoms in total. The van der Waals surface area contributed by atoms with E-state index in [1.165, 1.54) is 64.2 Å². The van der Waals surface area contributed by atoms with Crippen molar-refractivity contribution in [2.75, 3.05) is 0 Å². The molecule has 134 valence electrons. The van der Waals surface area contributed by atoms with Crippen molar-refractivity contribution >= 4 is 11.9 Å². The number of carbonyl (C=O) groups is 2. The minimum absolute atomic E-state index is 0.238. The molecule has 0 saturated carbocycles. The molecule has 0 aliphatic carbocycles. The molecule has 0 aromatic rings. The van der Waals surface area contributed by atoms with Crippen molar-refractivity contribution in [3.05, 3.63) is 0 Å². The van der Waals surface area contributed by atoms with Crippen LogP contribution in [0.1, 0.15) is 104 Å². The summed E-state index contributed by atoms with van der Waals surface area (Å²) >= 11 is 0. The predicted molar refractivity (Wildman–Crippen MR) is 94.1 cm³/mol. The number of cyclic esters (lactones) is 2. The van der Waals surface area contributed by atoms with Crippen LogP contribution in [-0.2, 0) is 14.3 Å². The smallest absolute Gasteiger partial charge is 0.320 e. The van der Waals surface area contributed by atoms with Gasteiger partial charge in [-0.15, -0.1) is 0 Å². The summed E-state index contributed by atoms with van der Waals surface area (Å²) in [5.41, 5.74) is -0.630. The first kappa shape index (κ1) is 20.2. The number of hydrogen-bond acceptors (Lipinski definition) is 3. The Morgan fingerprint density at radius 1 is 0.783 bits per heavy atom. The molecule has 0 aromatic carbocycles. The zero-order chi connectivity index (χ0) is 17.1. The van der Waals surface area contributed by atoms with Crippen LogP contribution in [0.4, 0.5) is 0 Å². The lowest BCUT2D eigenvalue weighted by Gasteiger charge is -2.19. The van der Waals surface area contributed by atoms with Crippen molar-refractivity contribution in [3.63, 3.8) is 0 Å². The molecule has 1 atom stereocenters. The fraction of sp³-hybridized carbons (Fsp3) is 0.900. The fourth-order valence-electron chi connectivity index (χ4n) is 3.40. The second-order valence-electron chi connectivity index (χ2n) is 7.66. The van der Waals surface area contributed by atoms with E-state index in [1.807, 2.05) is 13.8 Å². The topological polar surface area (TPSA) is 43.4 Å². The minimum Gasteiger partial charge on any atom is -0.392 e. The average Bonchev–Trinajstić information content (AvgIpc) is 2.69. The van der Waals surface area contributed by atoms with E-state index in [2.05, 4.69) is 6.92 Å². The predicted octanol–water partition coefficient (Wildman–Crippen LogP) is 5.80. The third kappa shape index (κ3) is 7.05. The Balaban J connectivity index is 1.94. The van der Waals surface area contributed by atoms with Gasteiger partial charge in [0.25, 0.3) is 0 Å². The number of carbonyl (C=O) groups excluding carboxylic acids is 2. The molecule has 1 fully saturated rings. The summed E-state index contributed by atoms with van der Waals surface area (Å²) in [4.78, 5) is 23.3. The van der Waals surface area contributed by atoms with Gasteiger partial charge >= 0.3 is 11.9 Å². The first-order chi connectivity index (χ1) is 11.0. The summed E-state index contributed by atoms with van der Waals surface area (Å²) in [7, 11) is 0. The van der Waals surface area contributed by atoms with E-state index < -0.39 is 5.41 Å². The van der Waals surface area contributed by atoms with Crippen LogP contribution in [0.3, 0.4) is 0 Å². The van der Waals surface area contributed by atoms with Crippen molar-refractivity contribution in [1.29, 1.82) is 0 Å². The lowest BCUT2D eigenvalue weighted by molar-refractivity contribution is -0.154. The van der Waals surface area contributed by atoms with Crippen LogP contribution in [0, 0.1) is 11.3 Å². The molecule has 3 heteroatoms. The van der Waals surface area contributed by atoms with Crippen molar-refractivity contribution < 1.29 is 14.3 Å². The molecular weight excluding hydrogens is 288 g/mol. The minimum atomic E-state index is -0.630. The third-order valence-electron chi connectivity index (χ3n) is 5.22. The van der Waals surface area contributed by atoms with Crippen LogP contribution >= 0.6 is 0 Å². The van der Waals surface area contributed by atoms with Crippen LogP contribution in [-0.4, -0.2) is 11.9 Å². The van der Waals surface area contributed by atoms with Crippen molar-refractivity contribution in [3.8, 4) is 0 Å². The highest BCUT2D eigenvalue weighted by Gasteiger charge is 2.50. The summed E-state index contributed by atoms with van der Waals surface area (Å²) in [5.74, 6) is -0.910. The van der Waals surface area contributed by atoms with Gasteiger partial charge in [-0.1, -0.05) is 84.0 Å². The second-order valence-corrected chi connectivity index (χ2v) is 7.66. The maximum Gasteiger partial charge on any atom is 0.320 e. The molecule has 1 aliphatic rings. The first-order valence-corrected chi connectivity index (χ1v) is 9.76. The molecule has 1 rings (SSSR count). The third-order valence-corrected chi connectivity index (χ3v) is 5.22. The highest BCUT2D eigenvalue weighted by atomic mass is 16.6. The lowest BCUT2D eigenvalue weighted by atomic mass is 9.78. The van der Waals surface area contributed by atoms with E-state index in [4.69, 9.17) is 4.74 Å². The zero-order valence-electron chi connectivity index (χ0n) is 15.5. The molecule has 23 heavy (non-hydrogen) atoms. The molecule has 0 spiro atoms.